The molecule has 0 spiro atoms. The number of carbonyl (C=O) groups is 1. The van der Waals surface area contributed by atoms with Gasteiger partial charge >= 0.3 is 0 Å². The zero-order chi connectivity index (χ0) is 21.9. The standard InChI is InChI=1S/C26H25N3O2/c1-2-3-7-20-10-12-23(13-11-20)29-26(30)21(18-27)19-28-22-14-16-25(17-15-22)31-24-8-5-4-6-9-24/h4-6,8-17,19,28H,2-3,7H2,1H3,(H,29,30)/b21-19-. The predicted molar refractivity (Wildman–Crippen MR) is 124 cm³/mol. The summed E-state index contributed by atoms with van der Waals surface area (Å²) in [6.07, 6.45) is 4.70. The number of hydrogen-bond donors (Lipinski definition) is 2. The molecule has 1 amide bonds. The van der Waals surface area contributed by atoms with E-state index >= 15 is 0 Å². The van der Waals surface area contributed by atoms with Gasteiger partial charge in [0.05, 0.1) is 0 Å². The van der Waals surface area contributed by atoms with E-state index in [4.69, 9.17) is 4.74 Å². The Labute approximate surface area is 183 Å². The summed E-state index contributed by atoms with van der Waals surface area (Å²) in [5, 5.41) is 15.1. The molecule has 0 atom stereocenters. The van der Waals surface area contributed by atoms with Crippen molar-refractivity contribution in [2.24, 2.45) is 0 Å². The fourth-order valence-electron chi connectivity index (χ4n) is 2.88. The van der Waals surface area contributed by atoms with Crippen LogP contribution in [-0.4, -0.2) is 5.91 Å². The van der Waals surface area contributed by atoms with Gasteiger partial charge < -0.3 is 15.4 Å². The molecule has 3 rings (SSSR count). The second-order valence-electron chi connectivity index (χ2n) is 7.01. The summed E-state index contributed by atoms with van der Waals surface area (Å²) in [5.74, 6) is 0.992. The van der Waals surface area contributed by atoms with E-state index in [1.54, 1.807) is 0 Å². The minimum absolute atomic E-state index is 0.0142. The van der Waals surface area contributed by atoms with Crippen LogP contribution in [-0.2, 0) is 11.2 Å². The van der Waals surface area contributed by atoms with Gasteiger partial charge in [-0.1, -0.05) is 43.7 Å². The van der Waals surface area contributed by atoms with Gasteiger partial charge in [0.2, 0.25) is 0 Å². The summed E-state index contributed by atoms with van der Waals surface area (Å²) in [6.45, 7) is 2.16. The SMILES string of the molecule is CCCCc1ccc(NC(=O)/C(C#N)=C\Nc2ccc(Oc3ccccc3)cc2)cc1. The van der Waals surface area contributed by atoms with E-state index in [2.05, 4.69) is 17.6 Å². The number of anilines is 2. The Kier molecular flexibility index (Phi) is 7.84. The molecule has 0 aliphatic carbocycles. The average Bonchev–Trinajstić information content (AvgIpc) is 2.81. The van der Waals surface area contributed by atoms with E-state index in [9.17, 15) is 10.1 Å². The molecule has 3 aromatic carbocycles. The molecule has 0 unspecified atom stereocenters. The number of nitrogens with one attached hydrogen (secondary N) is 2. The molecule has 156 valence electrons. The van der Waals surface area contributed by atoms with Crippen LogP contribution in [0, 0.1) is 11.3 Å². The number of unbranched alkanes of at least 4 members (excludes halogenated alkanes) is 1. The normalized spacial score (nSPS) is 10.8. The van der Waals surface area contributed by atoms with Crippen LogP contribution >= 0.6 is 0 Å². The number of aryl methyl sites for hydroxylation is 1. The molecule has 0 bridgehead atoms. The van der Waals surface area contributed by atoms with E-state index < -0.39 is 5.91 Å². The summed E-state index contributed by atoms with van der Waals surface area (Å²) in [5.41, 5.74) is 2.62. The summed E-state index contributed by atoms with van der Waals surface area (Å²) in [7, 11) is 0. The first-order chi connectivity index (χ1) is 15.2. The van der Waals surface area contributed by atoms with Crippen LogP contribution in [0.25, 0.3) is 0 Å². The number of hydrogen-bond acceptors (Lipinski definition) is 4. The number of nitrogens with zero attached hydrogens (tertiary/aromatic N) is 1. The Morgan fingerprint density at radius 3 is 2.23 bits per heavy atom. The predicted octanol–water partition coefficient (Wildman–Crippen LogP) is 6.28. The third kappa shape index (κ3) is 6.76. The van der Waals surface area contributed by atoms with Crippen molar-refractivity contribution in [3.05, 3.63) is 96.2 Å². The monoisotopic (exact) mass is 411 g/mol. The molecular weight excluding hydrogens is 386 g/mol. The van der Waals surface area contributed by atoms with E-state index in [1.165, 1.54) is 11.8 Å². The second-order valence-corrected chi connectivity index (χ2v) is 7.01. The maximum absolute atomic E-state index is 12.4. The molecule has 0 radical (unpaired) electrons. The van der Waals surface area contributed by atoms with E-state index in [0.29, 0.717) is 11.4 Å². The number of amides is 1. The molecule has 5 nitrogen and oxygen atoms in total. The first kappa shape index (κ1) is 21.7. The van der Waals surface area contributed by atoms with Crippen molar-refractivity contribution >= 4 is 17.3 Å². The number of benzene rings is 3. The molecular formula is C26H25N3O2. The van der Waals surface area contributed by atoms with Gasteiger partial charge in [0.1, 0.15) is 23.1 Å². The highest BCUT2D eigenvalue weighted by Crippen LogP contribution is 2.22. The lowest BCUT2D eigenvalue weighted by molar-refractivity contribution is -0.112. The molecule has 3 aromatic rings. The maximum Gasteiger partial charge on any atom is 0.267 e. The maximum atomic E-state index is 12.4. The zero-order valence-electron chi connectivity index (χ0n) is 17.5. The minimum atomic E-state index is -0.458. The van der Waals surface area contributed by atoms with Gasteiger partial charge in [0.15, 0.2) is 0 Å². The Bertz CT molecular complexity index is 1050. The van der Waals surface area contributed by atoms with Crippen molar-refractivity contribution in [2.45, 2.75) is 26.2 Å². The molecule has 0 saturated heterocycles. The molecule has 0 aromatic heterocycles. The van der Waals surface area contributed by atoms with Crippen molar-refractivity contribution in [2.75, 3.05) is 10.6 Å². The smallest absolute Gasteiger partial charge is 0.267 e. The van der Waals surface area contributed by atoms with Crippen LogP contribution in [0.1, 0.15) is 25.3 Å². The number of nitriles is 1. The van der Waals surface area contributed by atoms with Gasteiger partial charge in [-0.2, -0.15) is 5.26 Å². The minimum Gasteiger partial charge on any atom is -0.457 e. The van der Waals surface area contributed by atoms with Crippen molar-refractivity contribution < 1.29 is 9.53 Å². The summed E-state index contributed by atoms with van der Waals surface area (Å²) in [4.78, 5) is 12.4. The first-order valence-electron chi connectivity index (χ1n) is 10.3. The number of rotatable bonds is 9. The zero-order valence-corrected chi connectivity index (χ0v) is 17.5. The fraction of sp³-hybridized carbons (Fsp3) is 0.154. The van der Waals surface area contributed by atoms with Crippen LogP contribution in [0.5, 0.6) is 11.5 Å². The number of carbonyl (C=O) groups excluding carboxylic acids is 1. The van der Waals surface area contributed by atoms with Crippen LogP contribution in [0.15, 0.2) is 90.6 Å². The Balaban J connectivity index is 1.57. The highest BCUT2D eigenvalue weighted by atomic mass is 16.5. The summed E-state index contributed by atoms with van der Waals surface area (Å²) in [6, 6.07) is 26.4. The quantitative estimate of drug-likeness (QED) is 0.321. The molecule has 2 N–H and O–H groups in total. The lowest BCUT2D eigenvalue weighted by Crippen LogP contribution is -2.14. The van der Waals surface area contributed by atoms with Crippen molar-refractivity contribution in [3.8, 4) is 17.6 Å². The first-order valence-corrected chi connectivity index (χ1v) is 10.3. The number of para-hydroxylation sites is 1. The van der Waals surface area contributed by atoms with Crippen LogP contribution in [0.2, 0.25) is 0 Å². The summed E-state index contributed by atoms with van der Waals surface area (Å²) >= 11 is 0. The molecule has 0 fully saturated rings. The summed E-state index contributed by atoms with van der Waals surface area (Å²) < 4.78 is 5.76. The molecule has 31 heavy (non-hydrogen) atoms. The molecule has 0 saturated carbocycles. The van der Waals surface area contributed by atoms with E-state index in [-0.39, 0.29) is 5.57 Å². The Hall–Kier alpha value is -4.04. The van der Waals surface area contributed by atoms with Crippen LogP contribution in [0.4, 0.5) is 11.4 Å². The number of ether oxygens (including phenoxy) is 1. The van der Waals surface area contributed by atoms with Crippen LogP contribution < -0.4 is 15.4 Å². The Morgan fingerprint density at radius 1 is 0.935 bits per heavy atom. The molecule has 0 heterocycles. The molecule has 5 heteroatoms. The Morgan fingerprint density at radius 2 is 1.58 bits per heavy atom. The molecule has 0 aliphatic heterocycles. The van der Waals surface area contributed by atoms with Crippen molar-refractivity contribution in [1.29, 1.82) is 5.26 Å². The van der Waals surface area contributed by atoms with Gasteiger partial charge in [0.25, 0.3) is 5.91 Å². The highest BCUT2D eigenvalue weighted by molar-refractivity contribution is 6.06. The van der Waals surface area contributed by atoms with E-state index in [0.717, 1.165) is 30.7 Å². The van der Waals surface area contributed by atoms with Crippen molar-refractivity contribution in [3.63, 3.8) is 0 Å². The largest absolute Gasteiger partial charge is 0.457 e. The van der Waals surface area contributed by atoms with Gasteiger partial charge in [-0.05, 0) is 66.9 Å². The third-order valence-corrected chi connectivity index (χ3v) is 4.61. The van der Waals surface area contributed by atoms with Gasteiger partial charge in [-0.3, -0.25) is 4.79 Å². The van der Waals surface area contributed by atoms with Gasteiger partial charge in [0, 0.05) is 17.6 Å². The van der Waals surface area contributed by atoms with Gasteiger partial charge in [-0.25, -0.2) is 0 Å². The van der Waals surface area contributed by atoms with Crippen molar-refractivity contribution in [1.82, 2.24) is 0 Å². The fourth-order valence-corrected chi connectivity index (χ4v) is 2.88. The lowest BCUT2D eigenvalue weighted by atomic mass is 10.1. The highest BCUT2D eigenvalue weighted by Gasteiger charge is 2.09. The third-order valence-electron chi connectivity index (χ3n) is 4.61. The molecule has 0 aliphatic rings. The van der Waals surface area contributed by atoms with E-state index in [1.807, 2.05) is 84.9 Å². The average molecular weight is 412 g/mol. The second kappa shape index (κ2) is 11.2. The topological polar surface area (TPSA) is 74.2 Å². The lowest BCUT2D eigenvalue weighted by Gasteiger charge is -2.08. The van der Waals surface area contributed by atoms with Crippen LogP contribution in [0.3, 0.4) is 0 Å². The van der Waals surface area contributed by atoms with Gasteiger partial charge in [-0.15, -0.1) is 0 Å².